The highest BCUT2D eigenvalue weighted by Gasteiger charge is 2.32. The van der Waals surface area contributed by atoms with Crippen LogP contribution in [0.15, 0.2) is 54.6 Å². The number of anilines is 1. The van der Waals surface area contributed by atoms with E-state index < -0.39 is 27.5 Å². The molecule has 0 fully saturated rings. The third-order valence-electron chi connectivity index (χ3n) is 5.90. The maximum absolute atomic E-state index is 13.7. The number of benzene rings is 2. The fourth-order valence-corrected chi connectivity index (χ4v) is 4.84. The molecule has 0 heterocycles. The van der Waals surface area contributed by atoms with Crippen LogP contribution in [0.4, 0.5) is 5.69 Å². The topological polar surface area (TPSA) is 86.8 Å². The Labute approximate surface area is 216 Å². The third-order valence-corrected chi connectivity index (χ3v) is 7.04. The molecule has 0 aliphatic carbocycles. The number of sulfonamides is 1. The van der Waals surface area contributed by atoms with E-state index in [0.717, 1.165) is 21.7 Å². The lowest BCUT2D eigenvalue weighted by Gasteiger charge is -2.34. The minimum Gasteiger partial charge on any atom is -0.350 e. The molecule has 8 heteroatoms. The quantitative estimate of drug-likeness (QED) is 0.482. The van der Waals surface area contributed by atoms with Crippen molar-refractivity contribution in [2.24, 2.45) is 0 Å². The maximum Gasteiger partial charge on any atom is 0.244 e. The van der Waals surface area contributed by atoms with E-state index in [9.17, 15) is 18.0 Å². The van der Waals surface area contributed by atoms with Crippen LogP contribution < -0.4 is 9.62 Å². The summed E-state index contributed by atoms with van der Waals surface area (Å²) in [6.07, 6.45) is 2.05. The molecule has 198 valence electrons. The van der Waals surface area contributed by atoms with Gasteiger partial charge in [-0.15, -0.1) is 0 Å². The summed E-state index contributed by atoms with van der Waals surface area (Å²) in [4.78, 5) is 28.4. The monoisotopic (exact) mass is 515 g/mol. The number of carbonyl (C=O) groups is 2. The van der Waals surface area contributed by atoms with Crippen molar-refractivity contribution in [2.75, 3.05) is 23.7 Å². The molecule has 0 spiro atoms. The lowest BCUT2D eigenvalue weighted by atomic mass is 10.0. The van der Waals surface area contributed by atoms with Gasteiger partial charge in [-0.1, -0.05) is 63.2 Å². The Kier molecular flexibility index (Phi) is 10.1. The van der Waals surface area contributed by atoms with Gasteiger partial charge in [0.25, 0.3) is 0 Å². The van der Waals surface area contributed by atoms with Gasteiger partial charge in [-0.2, -0.15) is 0 Å². The van der Waals surface area contributed by atoms with Crippen molar-refractivity contribution in [2.45, 2.75) is 71.9 Å². The molecule has 0 unspecified atom stereocenters. The summed E-state index contributed by atoms with van der Waals surface area (Å²) in [5.74, 6) is -0.369. The Morgan fingerprint density at radius 2 is 1.56 bits per heavy atom. The molecule has 0 radical (unpaired) electrons. The molecule has 0 aromatic heterocycles. The summed E-state index contributed by atoms with van der Waals surface area (Å²) in [7, 11) is -3.74. The Balaban J connectivity index is 2.38. The van der Waals surface area contributed by atoms with Crippen LogP contribution in [0.25, 0.3) is 0 Å². The summed E-state index contributed by atoms with van der Waals surface area (Å²) in [6, 6.07) is 16.2. The van der Waals surface area contributed by atoms with Crippen molar-refractivity contribution < 1.29 is 18.0 Å². The van der Waals surface area contributed by atoms with E-state index in [2.05, 4.69) is 19.2 Å². The number of hydrogen-bond donors (Lipinski definition) is 1. The van der Waals surface area contributed by atoms with Crippen molar-refractivity contribution in [1.29, 1.82) is 0 Å². The molecular weight excluding hydrogens is 474 g/mol. The highest BCUT2D eigenvalue weighted by Crippen LogP contribution is 2.23. The zero-order valence-corrected chi connectivity index (χ0v) is 23.4. The molecule has 0 saturated heterocycles. The molecular formula is C28H41N3O4S. The SMILES string of the molecule is CC[C@H](C(=O)NC(C)(C)C)N(CCc1ccccc1)C(=O)CN(c1ccc(C(C)C)cc1)S(C)(=O)=O. The molecule has 0 saturated carbocycles. The zero-order valence-electron chi connectivity index (χ0n) is 22.6. The second kappa shape index (κ2) is 12.4. The van der Waals surface area contributed by atoms with E-state index in [4.69, 9.17) is 0 Å². The van der Waals surface area contributed by atoms with Crippen molar-refractivity contribution >= 4 is 27.5 Å². The first-order valence-corrected chi connectivity index (χ1v) is 14.3. The first-order valence-electron chi connectivity index (χ1n) is 12.5. The van der Waals surface area contributed by atoms with Crippen LogP contribution in [-0.4, -0.2) is 56.1 Å². The van der Waals surface area contributed by atoms with Gasteiger partial charge in [-0.25, -0.2) is 8.42 Å². The smallest absolute Gasteiger partial charge is 0.244 e. The van der Waals surface area contributed by atoms with Gasteiger partial charge in [-0.05, 0) is 62.8 Å². The maximum atomic E-state index is 13.7. The third kappa shape index (κ3) is 8.66. The molecule has 1 N–H and O–H groups in total. The molecule has 0 bridgehead atoms. The first kappa shape index (κ1) is 29.4. The van der Waals surface area contributed by atoms with Crippen LogP contribution in [0.3, 0.4) is 0 Å². The van der Waals surface area contributed by atoms with E-state index in [1.54, 1.807) is 12.1 Å². The van der Waals surface area contributed by atoms with Gasteiger partial charge in [0.05, 0.1) is 11.9 Å². The van der Waals surface area contributed by atoms with Gasteiger partial charge in [0.15, 0.2) is 0 Å². The van der Waals surface area contributed by atoms with Crippen molar-refractivity contribution in [1.82, 2.24) is 10.2 Å². The van der Waals surface area contributed by atoms with Gasteiger partial charge in [-0.3, -0.25) is 13.9 Å². The lowest BCUT2D eigenvalue weighted by Crippen LogP contribution is -2.56. The van der Waals surface area contributed by atoms with Crippen LogP contribution in [0.1, 0.15) is 65.0 Å². The van der Waals surface area contributed by atoms with E-state index in [0.29, 0.717) is 31.0 Å². The average molecular weight is 516 g/mol. The standard InChI is InChI=1S/C28H41N3O4S/c1-8-25(27(33)29-28(4,5)6)30(19-18-22-12-10-9-11-13-22)26(32)20-31(36(7,34)35)24-16-14-23(15-17-24)21(2)3/h9-17,21,25H,8,18-20H2,1-7H3,(H,29,33)/t25-/m1/s1. The zero-order chi connectivity index (χ0) is 27.1. The largest absolute Gasteiger partial charge is 0.350 e. The number of nitrogens with zero attached hydrogens (tertiary/aromatic N) is 2. The second-order valence-electron chi connectivity index (χ2n) is 10.5. The number of rotatable bonds is 11. The molecule has 2 rings (SSSR count). The number of hydrogen-bond acceptors (Lipinski definition) is 4. The molecule has 0 aliphatic heterocycles. The number of carbonyl (C=O) groups excluding carboxylic acids is 2. The Hall–Kier alpha value is -2.87. The minimum absolute atomic E-state index is 0.251. The normalized spacial score (nSPS) is 12.8. The minimum atomic E-state index is -3.74. The Morgan fingerprint density at radius 3 is 2.03 bits per heavy atom. The van der Waals surface area contributed by atoms with E-state index in [1.807, 2.05) is 70.2 Å². The second-order valence-corrected chi connectivity index (χ2v) is 12.4. The fraction of sp³-hybridized carbons (Fsp3) is 0.500. The molecule has 36 heavy (non-hydrogen) atoms. The number of amides is 2. The molecule has 0 aliphatic rings. The summed E-state index contributed by atoms with van der Waals surface area (Å²) >= 11 is 0. The fourth-order valence-electron chi connectivity index (χ4n) is 3.99. The van der Waals surface area contributed by atoms with Crippen LogP contribution in [0, 0.1) is 0 Å². The van der Waals surface area contributed by atoms with Gasteiger partial charge in [0.2, 0.25) is 21.8 Å². The highest BCUT2D eigenvalue weighted by atomic mass is 32.2. The number of nitrogens with one attached hydrogen (secondary N) is 1. The summed E-state index contributed by atoms with van der Waals surface area (Å²) in [6.45, 7) is 11.6. The van der Waals surface area contributed by atoms with Gasteiger partial charge in [0, 0.05) is 12.1 Å². The highest BCUT2D eigenvalue weighted by molar-refractivity contribution is 7.92. The van der Waals surface area contributed by atoms with Gasteiger partial charge >= 0.3 is 0 Å². The van der Waals surface area contributed by atoms with Crippen LogP contribution in [0.2, 0.25) is 0 Å². The molecule has 2 amide bonds. The van der Waals surface area contributed by atoms with Crippen molar-refractivity contribution in [3.63, 3.8) is 0 Å². The van der Waals surface area contributed by atoms with E-state index in [1.165, 1.54) is 4.90 Å². The van der Waals surface area contributed by atoms with Crippen molar-refractivity contribution in [3.8, 4) is 0 Å². The van der Waals surface area contributed by atoms with Crippen LogP contribution >= 0.6 is 0 Å². The Bertz CT molecular complexity index is 1110. The summed E-state index contributed by atoms with van der Waals surface area (Å²) in [5, 5.41) is 2.97. The van der Waals surface area contributed by atoms with Crippen LogP contribution in [-0.2, 0) is 26.0 Å². The summed E-state index contributed by atoms with van der Waals surface area (Å²) < 4.78 is 26.6. The molecule has 2 aromatic carbocycles. The first-order chi connectivity index (χ1) is 16.7. The van der Waals surface area contributed by atoms with Gasteiger partial charge in [0.1, 0.15) is 12.6 Å². The van der Waals surface area contributed by atoms with Crippen molar-refractivity contribution in [3.05, 3.63) is 65.7 Å². The summed E-state index contributed by atoms with van der Waals surface area (Å²) in [5.41, 5.74) is 2.07. The Morgan fingerprint density at radius 1 is 0.972 bits per heavy atom. The average Bonchev–Trinajstić information content (AvgIpc) is 2.78. The van der Waals surface area contributed by atoms with E-state index in [-0.39, 0.29) is 12.5 Å². The van der Waals surface area contributed by atoms with Gasteiger partial charge < -0.3 is 10.2 Å². The lowest BCUT2D eigenvalue weighted by molar-refractivity contribution is -0.140. The predicted molar refractivity (Wildman–Crippen MR) is 147 cm³/mol. The predicted octanol–water partition coefficient (Wildman–Crippen LogP) is 4.34. The molecule has 7 nitrogen and oxygen atoms in total. The van der Waals surface area contributed by atoms with Crippen LogP contribution in [0.5, 0.6) is 0 Å². The molecule has 1 atom stereocenters. The molecule has 2 aromatic rings. The van der Waals surface area contributed by atoms with E-state index >= 15 is 0 Å².